The molecule has 0 radical (unpaired) electrons. The van der Waals surface area contributed by atoms with Gasteiger partial charge in [-0.3, -0.25) is 4.79 Å². The Kier molecular flexibility index (Phi) is 5.45. The molecule has 1 amide bonds. The summed E-state index contributed by atoms with van der Waals surface area (Å²) in [5.41, 5.74) is 4.47. The van der Waals surface area contributed by atoms with Gasteiger partial charge in [-0.15, -0.1) is 0 Å². The second-order valence-electron chi connectivity index (χ2n) is 7.26. The molecule has 0 bridgehead atoms. The molecular formula is C21H26N4O3. The van der Waals surface area contributed by atoms with E-state index < -0.39 is 0 Å². The molecule has 1 unspecified atom stereocenters. The molecule has 1 atom stereocenters. The summed E-state index contributed by atoms with van der Waals surface area (Å²) in [5.74, 6) is 0.732. The first-order valence-electron chi connectivity index (χ1n) is 9.78. The van der Waals surface area contributed by atoms with Gasteiger partial charge in [0.15, 0.2) is 0 Å². The number of nitrogens with one attached hydrogen (secondary N) is 3. The lowest BCUT2D eigenvalue weighted by atomic mass is 10.0. The number of carbonyl (C=O) groups excluding carboxylic acids is 1. The summed E-state index contributed by atoms with van der Waals surface area (Å²) in [6, 6.07) is 5.73. The van der Waals surface area contributed by atoms with Gasteiger partial charge in [0, 0.05) is 53.4 Å². The number of carbonyl (C=O) groups is 1. The molecule has 4 rings (SSSR count). The number of hydrogen-bond donors (Lipinski definition) is 3. The van der Waals surface area contributed by atoms with E-state index in [1.165, 1.54) is 0 Å². The average Bonchev–Trinajstić information content (AvgIpc) is 3.27. The maximum Gasteiger partial charge on any atom is 0.251 e. The SMILES string of the molecule is Cc1noc(C)c1-c1c[nH]c2cc(C(=O)NCCCC3CNCCO3)ccc12. The van der Waals surface area contributed by atoms with Gasteiger partial charge in [-0.25, -0.2) is 0 Å². The molecule has 2 aromatic heterocycles. The standard InChI is InChI=1S/C21H26N4O3/c1-13-20(14(2)28-25-13)18-12-24-19-10-15(5-6-17(18)19)21(26)23-7-3-4-16-11-22-8-9-27-16/h5-6,10,12,16,22,24H,3-4,7-9,11H2,1-2H3,(H,23,26). The normalized spacial score (nSPS) is 17.1. The average molecular weight is 382 g/mol. The highest BCUT2D eigenvalue weighted by Gasteiger charge is 2.17. The number of aryl methyl sites for hydroxylation is 2. The number of nitrogens with zero attached hydrogens (tertiary/aromatic N) is 1. The fourth-order valence-corrected chi connectivity index (χ4v) is 3.78. The van der Waals surface area contributed by atoms with E-state index in [0.717, 1.165) is 66.0 Å². The maximum absolute atomic E-state index is 12.5. The zero-order chi connectivity index (χ0) is 19.5. The number of aromatic nitrogens is 2. The Morgan fingerprint density at radius 3 is 3.00 bits per heavy atom. The van der Waals surface area contributed by atoms with E-state index in [9.17, 15) is 4.79 Å². The van der Waals surface area contributed by atoms with E-state index in [1.807, 2.05) is 38.2 Å². The van der Waals surface area contributed by atoms with Gasteiger partial charge in [-0.2, -0.15) is 0 Å². The van der Waals surface area contributed by atoms with Crippen LogP contribution in [0.3, 0.4) is 0 Å². The second kappa shape index (κ2) is 8.16. The number of fused-ring (bicyclic) bond motifs is 1. The molecule has 1 fully saturated rings. The minimum atomic E-state index is -0.0573. The van der Waals surface area contributed by atoms with Gasteiger partial charge in [0.2, 0.25) is 0 Å². The molecule has 0 spiro atoms. The van der Waals surface area contributed by atoms with Crippen molar-refractivity contribution in [1.29, 1.82) is 0 Å². The molecule has 3 heterocycles. The second-order valence-corrected chi connectivity index (χ2v) is 7.26. The zero-order valence-corrected chi connectivity index (χ0v) is 16.3. The van der Waals surface area contributed by atoms with E-state index in [1.54, 1.807) is 0 Å². The first-order chi connectivity index (χ1) is 13.6. The van der Waals surface area contributed by atoms with Crippen LogP contribution in [0, 0.1) is 13.8 Å². The summed E-state index contributed by atoms with van der Waals surface area (Å²) in [4.78, 5) is 15.8. The summed E-state index contributed by atoms with van der Waals surface area (Å²) in [7, 11) is 0. The number of amides is 1. The molecule has 148 valence electrons. The van der Waals surface area contributed by atoms with E-state index >= 15 is 0 Å². The highest BCUT2D eigenvalue weighted by Crippen LogP contribution is 2.33. The fraction of sp³-hybridized carbons (Fsp3) is 0.429. The Labute approximate surface area is 163 Å². The maximum atomic E-state index is 12.5. The van der Waals surface area contributed by atoms with Crippen LogP contribution in [-0.4, -0.2) is 48.4 Å². The third kappa shape index (κ3) is 3.81. The molecule has 1 saturated heterocycles. The van der Waals surface area contributed by atoms with Crippen LogP contribution in [0.1, 0.15) is 34.7 Å². The molecular weight excluding hydrogens is 356 g/mol. The zero-order valence-electron chi connectivity index (χ0n) is 16.3. The number of morpholine rings is 1. The number of hydrogen-bond acceptors (Lipinski definition) is 5. The van der Waals surface area contributed by atoms with Gasteiger partial charge in [-0.1, -0.05) is 11.2 Å². The molecule has 1 aromatic carbocycles. The van der Waals surface area contributed by atoms with E-state index in [-0.39, 0.29) is 12.0 Å². The van der Waals surface area contributed by atoms with Crippen LogP contribution in [-0.2, 0) is 4.74 Å². The number of ether oxygens (including phenoxy) is 1. The van der Waals surface area contributed by atoms with Crippen molar-refractivity contribution in [2.24, 2.45) is 0 Å². The minimum absolute atomic E-state index is 0.0573. The topological polar surface area (TPSA) is 92.2 Å². The van der Waals surface area contributed by atoms with Crippen LogP contribution in [0.4, 0.5) is 0 Å². The van der Waals surface area contributed by atoms with E-state index in [0.29, 0.717) is 12.1 Å². The van der Waals surface area contributed by atoms with Crippen LogP contribution in [0.2, 0.25) is 0 Å². The molecule has 0 aliphatic carbocycles. The first kappa shape index (κ1) is 18.7. The summed E-state index contributed by atoms with van der Waals surface area (Å²) in [5, 5.41) is 11.4. The highest BCUT2D eigenvalue weighted by atomic mass is 16.5. The Hall–Kier alpha value is -2.64. The summed E-state index contributed by atoms with van der Waals surface area (Å²) < 4.78 is 11.0. The van der Waals surface area contributed by atoms with E-state index in [2.05, 4.69) is 20.8 Å². The minimum Gasteiger partial charge on any atom is -0.376 e. The van der Waals surface area contributed by atoms with Gasteiger partial charge in [0.1, 0.15) is 5.76 Å². The largest absolute Gasteiger partial charge is 0.376 e. The van der Waals surface area contributed by atoms with Crippen LogP contribution in [0.5, 0.6) is 0 Å². The van der Waals surface area contributed by atoms with Gasteiger partial charge >= 0.3 is 0 Å². The number of aromatic amines is 1. The van der Waals surface area contributed by atoms with E-state index in [4.69, 9.17) is 9.26 Å². The lowest BCUT2D eigenvalue weighted by Gasteiger charge is -2.23. The van der Waals surface area contributed by atoms with Gasteiger partial charge in [0.25, 0.3) is 5.91 Å². The van der Waals surface area contributed by atoms with Crippen molar-refractivity contribution in [2.75, 3.05) is 26.2 Å². The smallest absolute Gasteiger partial charge is 0.251 e. The number of rotatable bonds is 6. The van der Waals surface area contributed by atoms with Crippen molar-refractivity contribution in [1.82, 2.24) is 20.8 Å². The number of benzene rings is 1. The molecule has 1 aliphatic heterocycles. The third-order valence-electron chi connectivity index (χ3n) is 5.24. The lowest BCUT2D eigenvalue weighted by Crippen LogP contribution is -2.38. The van der Waals surface area contributed by atoms with Crippen LogP contribution >= 0.6 is 0 Å². The van der Waals surface area contributed by atoms with Gasteiger partial charge < -0.3 is 24.9 Å². The quantitative estimate of drug-likeness (QED) is 0.570. The molecule has 0 saturated carbocycles. The molecule has 28 heavy (non-hydrogen) atoms. The fourth-order valence-electron chi connectivity index (χ4n) is 3.78. The van der Waals surface area contributed by atoms with Gasteiger partial charge in [0.05, 0.1) is 18.4 Å². The van der Waals surface area contributed by atoms with Crippen molar-refractivity contribution in [2.45, 2.75) is 32.8 Å². The predicted molar refractivity (Wildman–Crippen MR) is 107 cm³/mol. The molecule has 3 aromatic rings. The van der Waals surface area contributed by atoms with Crippen molar-refractivity contribution in [3.63, 3.8) is 0 Å². The van der Waals surface area contributed by atoms with Crippen molar-refractivity contribution in [3.05, 3.63) is 41.4 Å². The lowest BCUT2D eigenvalue weighted by molar-refractivity contribution is 0.0225. The Morgan fingerprint density at radius 2 is 2.25 bits per heavy atom. The predicted octanol–water partition coefficient (Wildman–Crippen LogP) is 2.94. The molecule has 1 aliphatic rings. The Bertz CT molecular complexity index is 950. The van der Waals surface area contributed by atoms with Crippen molar-refractivity contribution < 1.29 is 14.1 Å². The third-order valence-corrected chi connectivity index (χ3v) is 5.24. The van der Waals surface area contributed by atoms with Crippen LogP contribution in [0.25, 0.3) is 22.0 Å². The highest BCUT2D eigenvalue weighted by molar-refractivity contribution is 6.02. The number of H-pyrrole nitrogens is 1. The Balaban J connectivity index is 1.40. The first-order valence-corrected chi connectivity index (χ1v) is 9.78. The Morgan fingerprint density at radius 1 is 1.36 bits per heavy atom. The van der Waals surface area contributed by atoms with Crippen molar-refractivity contribution >= 4 is 16.8 Å². The van der Waals surface area contributed by atoms with Crippen LogP contribution < -0.4 is 10.6 Å². The van der Waals surface area contributed by atoms with Crippen molar-refractivity contribution in [3.8, 4) is 11.1 Å². The molecule has 7 heteroatoms. The summed E-state index contributed by atoms with van der Waals surface area (Å²) in [6.45, 7) is 7.07. The van der Waals surface area contributed by atoms with Crippen LogP contribution in [0.15, 0.2) is 28.9 Å². The molecule has 3 N–H and O–H groups in total. The summed E-state index contributed by atoms with van der Waals surface area (Å²) >= 11 is 0. The summed E-state index contributed by atoms with van der Waals surface area (Å²) in [6.07, 6.45) is 4.04. The molecule has 7 nitrogen and oxygen atoms in total. The monoisotopic (exact) mass is 382 g/mol. The van der Waals surface area contributed by atoms with Gasteiger partial charge in [-0.05, 0) is 38.8 Å².